The van der Waals surface area contributed by atoms with Crippen molar-refractivity contribution in [3.63, 3.8) is 0 Å². The molecule has 7 heteroatoms. The van der Waals surface area contributed by atoms with E-state index in [0.717, 1.165) is 5.69 Å². The molecule has 0 aliphatic rings. The molecule has 0 saturated heterocycles. The Hall–Kier alpha value is -1.89. The van der Waals surface area contributed by atoms with Gasteiger partial charge in [-0.3, -0.25) is 9.78 Å². The molecule has 0 saturated carbocycles. The van der Waals surface area contributed by atoms with Crippen LogP contribution in [0.15, 0.2) is 29.6 Å². The lowest BCUT2D eigenvalue weighted by molar-refractivity contribution is -0.115. The summed E-state index contributed by atoms with van der Waals surface area (Å²) in [7, 11) is 0. The molecule has 0 fully saturated rings. The second-order valence-electron chi connectivity index (χ2n) is 3.52. The summed E-state index contributed by atoms with van der Waals surface area (Å²) in [4.78, 5) is 15.0. The molecule has 0 spiro atoms. The number of primary amides is 1. The first kappa shape index (κ1) is 12.6. The van der Waals surface area contributed by atoms with E-state index in [2.05, 4.69) is 15.2 Å². The van der Waals surface area contributed by atoms with Crippen molar-refractivity contribution in [2.75, 3.05) is 5.75 Å². The first-order chi connectivity index (χ1) is 8.72. The SMILES string of the molecule is CCn1c(SCC(N)=O)nnc1-c1ccccn1. The third-order valence-electron chi connectivity index (χ3n) is 2.27. The number of hydrogen-bond donors (Lipinski definition) is 1. The Labute approximate surface area is 109 Å². The molecule has 18 heavy (non-hydrogen) atoms. The molecule has 94 valence electrons. The van der Waals surface area contributed by atoms with Gasteiger partial charge in [0.1, 0.15) is 5.69 Å². The first-order valence-electron chi connectivity index (χ1n) is 5.48. The summed E-state index contributed by atoms with van der Waals surface area (Å²) in [5.74, 6) is 0.524. The molecule has 0 aromatic carbocycles. The zero-order valence-electron chi connectivity index (χ0n) is 9.91. The predicted molar refractivity (Wildman–Crippen MR) is 68.8 cm³/mol. The molecular weight excluding hydrogens is 250 g/mol. The summed E-state index contributed by atoms with van der Waals surface area (Å²) in [6, 6.07) is 5.62. The summed E-state index contributed by atoms with van der Waals surface area (Å²) >= 11 is 1.28. The van der Waals surface area contributed by atoms with E-state index in [0.29, 0.717) is 17.5 Å². The van der Waals surface area contributed by atoms with Crippen molar-refractivity contribution in [1.29, 1.82) is 0 Å². The standard InChI is InChI=1S/C11H13N5OS/c1-2-16-10(8-5-3-4-6-13-8)14-15-11(16)18-7-9(12)17/h3-6H,2,7H2,1H3,(H2,12,17). The minimum Gasteiger partial charge on any atom is -0.369 e. The molecule has 2 aromatic rings. The molecule has 0 atom stereocenters. The van der Waals surface area contributed by atoms with Gasteiger partial charge in [0, 0.05) is 12.7 Å². The maximum atomic E-state index is 10.8. The number of nitrogens with two attached hydrogens (primary N) is 1. The summed E-state index contributed by atoms with van der Waals surface area (Å²) in [5.41, 5.74) is 5.88. The number of rotatable bonds is 5. The van der Waals surface area contributed by atoms with Gasteiger partial charge in [0.15, 0.2) is 11.0 Å². The van der Waals surface area contributed by atoms with Gasteiger partial charge in [-0.05, 0) is 19.1 Å². The monoisotopic (exact) mass is 263 g/mol. The lowest BCUT2D eigenvalue weighted by Crippen LogP contribution is -2.13. The van der Waals surface area contributed by atoms with Gasteiger partial charge in [-0.1, -0.05) is 17.8 Å². The van der Waals surface area contributed by atoms with Crippen LogP contribution >= 0.6 is 11.8 Å². The second kappa shape index (κ2) is 5.63. The molecule has 2 heterocycles. The maximum Gasteiger partial charge on any atom is 0.227 e. The largest absolute Gasteiger partial charge is 0.369 e. The fraction of sp³-hybridized carbons (Fsp3) is 0.273. The predicted octanol–water partition coefficient (Wildman–Crippen LogP) is 0.937. The average Bonchev–Trinajstić information content (AvgIpc) is 2.80. The van der Waals surface area contributed by atoms with Crippen molar-refractivity contribution >= 4 is 17.7 Å². The summed E-state index contributed by atoms with van der Waals surface area (Å²) in [5, 5.41) is 8.85. The number of pyridine rings is 1. The number of hydrogen-bond acceptors (Lipinski definition) is 5. The Morgan fingerprint density at radius 1 is 1.44 bits per heavy atom. The molecule has 6 nitrogen and oxygen atoms in total. The summed E-state index contributed by atoms with van der Waals surface area (Å²) < 4.78 is 1.91. The van der Waals surface area contributed by atoms with Crippen molar-refractivity contribution < 1.29 is 4.79 Å². The molecule has 0 radical (unpaired) electrons. The fourth-order valence-electron chi connectivity index (χ4n) is 1.50. The van der Waals surface area contributed by atoms with Gasteiger partial charge in [0.25, 0.3) is 0 Å². The highest BCUT2D eigenvalue weighted by atomic mass is 32.2. The number of thioether (sulfide) groups is 1. The van der Waals surface area contributed by atoms with Crippen molar-refractivity contribution in [3.8, 4) is 11.5 Å². The van der Waals surface area contributed by atoms with Gasteiger partial charge < -0.3 is 10.3 Å². The summed E-state index contributed by atoms with van der Waals surface area (Å²) in [6.45, 7) is 2.70. The van der Waals surface area contributed by atoms with Crippen LogP contribution in [0, 0.1) is 0 Å². The van der Waals surface area contributed by atoms with Crippen LogP contribution in [0.3, 0.4) is 0 Å². The maximum absolute atomic E-state index is 10.8. The van der Waals surface area contributed by atoms with Crippen molar-refractivity contribution in [1.82, 2.24) is 19.7 Å². The molecule has 2 N–H and O–H groups in total. The van der Waals surface area contributed by atoms with Crippen LogP contribution in [0.25, 0.3) is 11.5 Å². The van der Waals surface area contributed by atoms with E-state index < -0.39 is 0 Å². The molecule has 2 aromatic heterocycles. The highest BCUT2D eigenvalue weighted by Gasteiger charge is 2.14. The molecule has 0 aliphatic carbocycles. The van der Waals surface area contributed by atoms with Crippen LogP contribution in [0.5, 0.6) is 0 Å². The van der Waals surface area contributed by atoms with Crippen molar-refractivity contribution in [2.45, 2.75) is 18.6 Å². The lowest BCUT2D eigenvalue weighted by atomic mass is 10.3. The smallest absolute Gasteiger partial charge is 0.227 e. The van der Waals surface area contributed by atoms with Crippen LogP contribution in [0.2, 0.25) is 0 Å². The molecule has 1 amide bonds. The third kappa shape index (κ3) is 2.67. The van der Waals surface area contributed by atoms with Crippen molar-refractivity contribution in [3.05, 3.63) is 24.4 Å². The van der Waals surface area contributed by atoms with E-state index in [-0.39, 0.29) is 11.7 Å². The van der Waals surface area contributed by atoms with Crippen LogP contribution in [0.4, 0.5) is 0 Å². The second-order valence-corrected chi connectivity index (χ2v) is 4.46. The van der Waals surface area contributed by atoms with Crippen LogP contribution in [0.1, 0.15) is 6.92 Å². The lowest BCUT2D eigenvalue weighted by Gasteiger charge is -2.05. The molecule has 0 bridgehead atoms. The van der Waals surface area contributed by atoms with E-state index in [4.69, 9.17) is 5.73 Å². The zero-order chi connectivity index (χ0) is 13.0. The zero-order valence-corrected chi connectivity index (χ0v) is 10.7. The van der Waals surface area contributed by atoms with E-state index >= 15 is 0 Å². The molecular formula is C11H13N5OS. The van der Waals surface area contributed by atoms with Gasteiger partial charge >= 0.3 is 0 Å². The quantitative estimate of drug-likeness (QED) is 0.811. The average molecular weight is 263 g/mol. The van der Waals surface area contributed by atoms with Gasteiger partial charge in [-0.2, -0.15) is 0 Å². The Morgan fingerprint density at radius 3 is 2.89 bits per heavy atom. The van der Waals surface area contributed by atoms with E-state index in [1.165, 1.54) is 11.8 Å². The van der Waals surface area contributed by atoms with E-state index in [1.54, 1.807) is 6.20 Å². The van der Waals surface area contributed by atoms with Gasteiger partial charge in [-0.15, -0.1) is 10.2 Å². The van der Waals surface area contributed by atoms with Crippen LogP contribution in [-0.2, 0) is 11.3 Å². The number of amides is 1. The number of aromatic nitrogens is 4. The third-order valence-corrected chi connectivity index (χ3v) is 3.26. The van der Waals surface area contributed by atoms with E-state index in [9.17, 15) is 4.79 Å². The Morgan fingerprint density at radius 2 is 2.28 bits per heavy atom. The number of nitrogens with zero attached hydrogens (tertiary/aromatic N) is 4. The fourth-order valence-corrected chi connectivity index (χ4v) is 2.24. The highest BCUT2D eigenvalue weighted by molar-refractivity contribution is 7.99. The molecule has 0 unspecified atom stereocenters. The van der Waals surface area contributed by atoms with Gasteiger partial charge in [0.2, 0.25) is 5.91 Å². The minimum atomic E-state index is -0.370. The Bertz CT molecular complexity index is 540. The van der Waals surface area contributed by atoms with Gasteiger partial charge in [0.05, 0.1) is 5.75 Å². The number of carbonyl (C=O) groups is 1. The molecule has 2 rings (SSSR count). The van der Waals surface area contributed by atoms with Crippen LogP contribution in [-0.4, -0.2) is 31.4 Å². The first-order valence-corrected chi connectivity index (χ1v) is 6.46. The van der Waals surface area contributed by atoms with Crippen molar-refractivity contribution in [2.24, 2.45) is 5.73 Å². The van der Waals surface area contributed by atoms with E-state index in [1.807, 2.05) is 29.7 Å². The highest BCUT2D eigenvalue weighted by Crippen LogP contribution is 2.21. The Kier molecular flexibility index (Phi) is 3.93. The topological polar surface area (TPSA) is 86.7 Å². The summed E-state index contributed by atoms with van der Waals surface area (Å²) in [6.07, 6.45) is 1.71. The van der Waals surface area contributed by atoms with Gasteiger partial charge in [-0.25, -0.2) is 0 Å². The Balaban J connectivity index is 2.30. The molecule has 0 aliphatic heterocycles. The minimum absolute atomic E-state index is 0.195. The number of carbonyl (C=O) groups excluding carboxylic acids is 1. The van der Waals surface area contributed by atoms with Crippen LogP contribution < -0.4 is 5.73 Å². The normalized spacial score (nSPS) is 10.5.